The van der Waals surface area contributed by atoms with Crippen LogP contribution in [-0.4, -0.2) is 62.0 Å². The lowest BCUT2D eigenvalue weighted by molar-refractivity contribution is -0.139. The summed E-state index contributed by atoms with van der Waals surface area (Å²) in [6, 6.07) is 5.45. The Balaban J connectivity index is 1.97. The number of nitrogens with zero attached hydrogens (tertiary/aromatic N) is 2. The number of amides is 2. The lowest BCUT2D eigenvalue weighted by Gasteiger charge is -2.35. The van der Waals surface area contributed by atoms with Gasteiger partial charge in [-0.1, -0.05) is 13.8 Å². The fourth-order valence-electron chi connectivity index (χ4n) is 2.73. The molecule has 136 valence electrons. The van der Waals surface area contributed by atoms with Crippen molar-refractivity contribution >= 4 is 17.9 Å². The minimum Gasteiger partial charge on any atom is -0.497 e. The van der Waals surface area contributed by atoms with Crippen LogP contribution in [0.25, 0.3) is 6.08 Å². The summed E-state index contributed by atoms with van der Waals surface area (Å²) >= 11 is 0. The van der Waals surface area contributed by atoms with E-state index in [9.17, 15) is 9.59 Å². The molecule has 1 fully saturated rings. The molecule has 1 aromatic carbocycles. The second kappa shape index (κ2) is 8.55. The van der Waals surface area contributed by atoms with E-state index in [4.69, 9.17) is 9.47 Å². The minimum atomic E-state index is -0.0606. The number of piperazine rings is 1. The molecule has 0 atom stereocenters. The second-order valence-corrected chi connectivity index (χ2v) is 6.25. The summed E-state index contributed by atoms with van der Waals surface area (Å²) in [6.07, 6.45) is 3.29. The van der Waals surface area contributed by atoms with E-state index in [0.29, 0.717) is 37.7 Å². The average Bonchev–Trinajstić information content (AvgIpc) is 2.65. The summed E-state index contributed by atoms with van der Waals surface area (Å²) in [7, 11) is 3.18. The highest BCUT2D eigenvalue weighted by Crippen LogP contribution is 2.25. The molecule has 0 spiro atoms. The third-order valence-corrected chi connectivity index (χ3v) is 4.24. The molecule has 1 aliphatic heterocycles. The lowest BCUT2D eigenvalue weighted by Crippen LogP contribution is -2.51. The van der Waals surface area contributed by atoms with Crippen LogP contribution in [-0.2, 0) is 9.59 Å². The smallest absolute Gasteiger partial charge is 0.246 e. The van der Waals surface area contributed by atoms with E-state index in [-0.39, 0.29) is 17.7 Å². The van der Waals surface area contributed by atoms with Crippen LogP contribution >= 0.6 is 0 Å². The number of hydrogen-bond acceptors (Lipinski definition) is 4. The highest BCUT2D eigenvalue weighted by Gasteiger charge is 2.24. The maximum atomic E-state index is 12.4. The van der Waals surface area contributed by atoms with Crippen molar-refractivity contribution in [3.63, 3.8) is 0 Å². The second-order valence-electron chi connectivity index (χ2n) is 6.25. The Bertz CT molecular complexity index is 647. The Kier molecular flexibility index (Phi) is 6.44. The van der Waals surface area contributed by atoms with Crippen molar-refractivity contribution in [3.05, 3.63) is 29.8 Å². The molecule has 0 bridgehead atoms. The number of benzene rings is 1. The molecule has 0 unspecified atom stereocenters. The number of rotatable bonds is 5. The molecule has 0 N–H and O–H groups in total. The summed E-state index contributed by atoms with van der Waals surface area (Å²) in [5.74, 6) is 1.42. The van der Waals surface area contributed by atoms with Gasteiger partial charge in [-0.2, -0.15) is 0 Å². The molecule has 6 nitrogen and oxygen atoms in total. The molecule has 1 aliphatic rings. The zero-order valence-corrected chi connectivity index (χ0v) is 15.3. The lowest BCUT2D eigenvalue weighted by atomic mass is 10.1. The third kappa shape index (κ3) is 4.75. The van der Waals surface area contributed by atoms with Crippen LogP contribution in [0.2, 0.25) is 0 Å². The first-order chi connectivity index (χ1) is 12.0. The van der Waals surface area contributed by atoms with E-state index in [1.165, 1.54) is 0 Å². The van der Waals surface area contributed by atoms with Crippen molar-refractivity contribution < 1.29 is 19.1 Å². The predicted octanol–water partition coefficient (Wildman–Crippen LogP) is 2.04. The van der Waals surface area contributed by atoms with Crippen LogP contribution in [0.5, 0.6) is 11.5 Å². The standard InChI is InChI=1S/C19H26N2O4/c1-14(2)19(23)21-11-9-20(10-12-21)18(22)8-6-15-5-7-16(24-3)13-17(15)25-4/h5-8,13-14H,9-12H2,1-4H3/b8-6+. The zero-order valence-electron chi connectivity index (χ0n) is 15.3. The Morgan fingerprint density at radius 1 is 1.04 bits per heavy atom. The van der Waals surface area contributed by atoms with Crippen molar-refractivity contribution in [2.45, 2.75) is 13.8 Å². The quantitative estimate of drug-likeness (QED) is 0.766. The van der Waals surface area contributed by atoms with Crippen LogP contribution in [0.4, 0.5) is 0 Å². The molecule has 25 heavy (non-hydrogen) atoms. The van der Waals surface area contributed by atoms with Crippen molar-refractivity contribution in [1.82, 2.24) is 9.80 Å². The molecule has 1 heterocycles. The van der Waals surface area contributed by atoms with E-state index < -0.39 is 0 Å². The van der Waals surface area contributed by atoms with Crippen molar-refractivity contribution in [2.24, 2.45) is 5.92 Å². The first-order valence-corrected chi connectivity index (χ1v) is 8.44. The van der Waals surface area contributed by atoms with E-state index in [0.717, 1.165) is 5.56 Å². The largest absolute Gasteiger partial charge is 0.497 e. The van der Waals surface area contributed by atoms with Crippen molar-refractivity contribution in [1.29, 1.82) is 0 Å². The number of carbonyl (C=O) groups excluding carboxylic acids is 2. The van der Waals surface area contributed by atoms with Crippen LogP contribution in [0.3, 0.4) is 0 Å². The normalized spacial score (nSPS) is 14.9. The molecular formula is C19H26N2O4. The van der Waals surface area contributed by atoms with Gasteiger partial charge in [-0.25, -0.2) is 0 Å². The highest BCUT2D eigenvalue weighted by atomic mass is 16.5. The summed E-state index contributed by atoms with van der Waals surface area (Å²) in [5.41, 5.74) is 0.810. The minimum absolute atomic E-state index is 0.00955. The van der Waals surface area contributed by atoms with Crippen LogP contribution in [0.15, 0.2) is 24.3 Å². The summed E-state index contributed by atoms with van der Waals surface area (Å²) in [5, 5.41) is 0. The van der Waals surface area contributed by atoms with Gasteiger partial charge in [-0.05, 0) is 18.2 Å². The molecule has 0 saturated carbocycles. The average molecular weight is 346 g/mol. The topological polar surface area (TPSA) is 59.1 Å². The SMILES string of the molecule is COc1ccc(/C=C/C(=O)N2CCN(C(=O)C(C)C)CC2)c(OC)c1. The van der Waals surface area contributed by atoms with E-state index >= 15 is 0 Å². The number of methoxy groups -OCH3 is 2. The summed E-state index contributed by atoms with van der Waals surface area (Å²) in [4.78, 5) is 28.0. The highest BCUT2D eigenvalue weighted by molar-refractivity contribution is 5.92. The molecule has 6 heteroatoms. The fraction of sp³-hybridized carbons (Fsp3) is 0.474. The summed E-state index contributed by atoms with van der Waals surface area (Å²) < 4.78 is 10.5. The van der Waals surface area contributed by atoms with Gasteiger partial charge in [-0.15, -0.1) is 0 Å². The molecule has 2 amide bonds. The van der Waals surface area contributed by atoms with Crippen LogP contribution in [0.1, 0.15) is 19.4 Å². The predicted molar refractivity (Wildman–Crippen MR) is 96.6 cm³/mol. The van der Waals surface area contributed by atoms with Gasteiger partial charge in [0.2, 0.25) is 11.8 Å². The Hall–Kier alpha value is -2.50. The molecule has 1 saturated heterocycles. The van der Waals surface area contributed by atoms with Gasteiger partial charge >= 0.3 is 0 Å². The fourth-order valence-corrected chi connectivity index (χ4v) is 2.73. The monoisotopic (exact) mass is 346 g/mol. The molecule has 0 aliphatic carbocycles. The number of hydrogen-bond donors (Lipinski definition) is 0. The van der Waals surface area contributed by atoms with Gasteiger partial charge in [0.25, 0.3) is 0 Å². The van der Waals surface area contributed by atoms with Gasteiger partial charge in [0.1, 0.15) is 11.5 Å². The first-order valence-electron chi connectivity index (χ1n) is 8.44. The van der Waals surface area contributed by atoms with Gasteiger partial charge in [0, 0.05) is 49.8 Å². The molecule has 0 aromatic heterocycles. The number of ether oxygens (including phenoxy) is 2. The summed E-state index contributed by atoms with van der Waals surface area (Å²) in [6.45, 7) is 6.07. The Morgan fingerprint density at radius 3 is 2.24 bits per heavy atom. The Labute approximate surface area is 149 Å². The van der Waals surface area contributed by atoms with Gasteiger partial charge in [0.15, 0.2) is 0 Å². The maximum absolute atomic E-state index is 12.4. The molecule has 2 rings (SSSR count). The van der Waals surface area contributed by atoms with Crippen LogP contribution in [0, 0.1) is 5.92 Å². The molecule has 1 aromatic rings. The van der Waals surface area contributed by atoms with E-state index in [2.05, 4.69) is 0 Å². The molecular weight excluding hydrogens is 320 g/mol. The number of carbonyl (C=O) groups is 2. The Morgan fingerprint density at radius 2 is 1.68 bits per heavy atom. The van der Waals surface area contributed by atoms with Gasteiger partial charge in [0.05, 0.1) is 14.2 Å². The third-order valence-electron chi connectivity index (χ3n) is 4.24. The van der Waals surface area contributed by atoms with E-state index in [1.54, 1.807) is 37.3 Å². The zero-order chi connectivity index (χ0) is 18.4. The first kappa shape index (κ1) is 18.8. The van der Waals surface area contributed by atoms with Crippen molar-refractivity contribution in [2.75, 3.05) is 40.4 Å². The van der Waals surface area contributed by atoms with E-state index in [1.807, 2.05) is 30.9 Å². The molecule has 0 radical (unpaired) electrons. The van der Waals surface area contributed by atoms with Crippen molar-refractivity contribution in [3.8, 4) is 11.5 Å². The van der Waals surface area contributed by atoms with Gasteiger partial charge < -0.3 is 19.3 Å². The van der Waals surface area contributed by atoms with Crippen LogP contribution < -0.4 is 9.47 Å². The maximum Gasteiger partial charge on any atom is 0.246 e. The van der Waals surface area contributed by atoms with Gasteiger partial charge in [-0.3, -0.25) is 9.59 Å².